The van der Waals surface area contributed by atoms with Crippen LogP contribution in [0.2, 0.25) is 0 Å². The minimum absolute atomic E-state index is 0.469. The van der Waals surface area contributed by atoms with Gasteiger partial charge in [-0.3, -0.25) is 9.36 Å². The lowest BCUT2D eigenvalue weighted by atomic mass is 9.87. The van der Waals surface area contributed by atoms with Gasteiger partial charge in [-0.1, -0.05) is 38.5 Å². The molecule has 0 radical (unpaired) electrons. The molecule has 3 N–H and O–H groups in total. The highest BCUT2D eigenvalue weighted by molar-refractivity contribution is 5.70. The maximum atomic E-state index is 4.95. The molecule has 16 heteroatoms. The van der Waals surface area contributed by atoms with Gasteiger partial charge in [0.05, 0.1) is 59.6 Å². The predicted octanol–water partition coefficient (Wildman–Crippen LogP) is 6.42. The third-order valence-corrected chi connectivity index (χ3v) is 12.1. The first kappa shape index (κ1) is 35.7. The Labute approximate surface area is 321 Å². The van der Waals surface area contributed by atoms with E-state index in [0.717, 1.165) is 97.6 Å². The summed E-state index contributed by atoms with van der Waals surface area (Å²) in [6.07, 6.45) is 32.4. The van der Waals surface area contributed by atoms with Crippen LogP contribution in [0.15, 0.2) is 49.8 Å². The van der Waals surface area contributed by atoms with Crippen molar-refractivity contribution in [3.63, 3.8) is 0 Å². The number of rotatable bonds is 8. The van der Waals surface area contributed by atoms with Gasteiger partial charge in [0, 0.05) is 24.2 Å². The van der Waals surface area contributed by atoms with Crippen molar-refractivity contribution in [2.75, 3.05) is 43.9 Å². The number of piperidine rings is 2. The van der Waals surface area contributed by atoms with E-state index in [4.69, 9.17) is 9.97 Å². The van der Waals surface area contributed by atoms with Crippen LogP contribution in [-0.2, 0) is 0 Å². The van der Waals surface area contributed by atoms with Crippen LogP contribution in [0.5, 0.6) is 0 Å². The largest absolute Gasteiger partial charge is 0.334 e. The summed E-state index contributed by atoms with van der Waals surface area (Å²) in [5.74, 6) is 2.57. The molecule has 6 aromatic rings. The van der Waals surface area contributed by atoms with E-state index in [2.05, 4.69) is 80.0 Å². The zero-order chi connectivity index (χ0) is 37.0. The number of likely N-dealkylation sites (tertiary alicyclic amines) is 1. The summed E-state index contributed by atoms with van der Waals surface area (Å²) >= 11 is 0. The average Bonchev–Trinajstić information content (AvgIpc) is 4.08. The van der Waals surface area contributed by atoms with Crippen LogP contribution in [-0.4, -0.2) is 96.9 Å². The van der Waals surface area contributed by atoms with E-state index in [1.165, 1.54) is 64.2 Å². The van der Waals surface area contributed by atoms with E-state index >= 15 is 0 Å². The topological polar surface area (TPSA) is 161 Å². The van der Waals surface area contributed by atoms with Crippen LogP contribution in [0, 0.1) is 0 Å². The second-order valence-corrected chi connectivity index (χ2v) is 15.9. The molecule has 0 bridgehead atoms. The SMILES string of the molecule is CN1CCC(n2cc(Nc3nc(C4CCCCC4)cn4ncnc34)cn2)CC1.c1nc2c(Nc3cnn(C4CCNCC4)c3)nc(C3CCCCC3)cn2n1. The van der Waals surface area contributed by atoms with Crippen molar-refractivity contribution in [3.05, 3.63) is 61.2 Å². The summed E-state index contributed by atoms with van der Waals surface area (Å²) in [6, 6.07) is 0.942. The first-order valence-electron chi connectivity index (χ1n) is 20.5. The third kappa shape index (κ3) is 8.20. The third-order valence-electron chi connectivity index (χ3n) is 12.1. The molecule has 16 nitrogen and oxygen atoms in total. The molecule has 6 aromatic heterocycles. The van der Waals surface area contributed by atoms with Crippen molar-refractivity contribution in [1.29, 1.82) is 0 Å². The number of nitrogens with one attached hydrogen (secondary N) is 3. The molecule has 10 rings (SSSR count). The Bertz CT molecular complexity index is 2140. The lowest BCUT2D eigenvalue weighted by Gasteiger charge is -2.28. The Balaban J connectivity index is 0.000000144. The summed E-state index contributed by atoms with van der Waals surface area (Å²) in [5.41, 5.74) is 5.64. The molecule has 290 valence electrons. The van der Waals surface area contributed by atoms with Gasteiger partial charge in [-0.05, 0) is 84.6 Å². The van der Waals surface area contributed by atoms with E-state index in [1.807, 2.05) is 33.8 Å². The highest BCUT2D eigenvalue weighted by atomic mass is 15.3. The van der Waals surface area contributed by atoms with Crippen molar-refractivity contribution < 1.29 is 0 Å². The molecule has 2 aliphatic carbocycles. The second-order valence-electron chi connectivity index (χ2n) is 15.9. The molecule has 0 atom stereocenters. The highest BCUT2D eigenvalue weighted by Crippen LogP contribution is 2.35. The number of aromatic nitrogens is 12. The zero-order valence-corrected chi connectivity index (χ0v) is 32.0. The van der Waals surface area contributed by atoms with Crippen molar-refractivity contribution in [3.8, 4) is 0 Å². The molecule has 55 heavy (non-hydrogen) atoms. The van der Waals surface area contributed by atoms with Crippen LogP contribution in [0.3, 0.4) is 0 Å². The van der Waals surface area contributed by atoms with Crippen LogP contribution in [0.4, 0.5) is 23.0 Å². The fourth-order valence-corrected chi connectivity index (χ4v) is 8.86. The van der Waals surface area contributed by atoms with Gasteiger partial charge in [0.15, 0.2) is 22.9 Å². The number of nitrogens with zero attached hydrogens (tertiary/aromatic N) is 13. The minimum atomic E-state index is 0.469. The number of hydrogen-bond donors (Lipinski definition) is 3. The zero-order valence-electron chi connectivity index (χ0n) is 32.0. The predicted molar refractivity (Wildman–Crippen MR) is 211 cm³/mol. The maximum absolute atomic E-state index is 4.95. The molecule has 2 aliphatic heterocycles. The van der Waals surface area contributed by atoms with Crippen LogP contribution in [0.1, 0.15) is 125 Å². The standard InChI is InChI=1S/C20H28N8.C19H26N8/c1-26-9-7-17(8-10-26)27-12-16(11-22-27)24-19-20-21-14-23-28(20)13-18(25-19)15-5-3-2-4-6-15;1-2-4-14(5-3-1)17-12-27-19(21-13-23-27)18(25-17)24-15-10-22-26(11-15)16-6-8-20-9-7-16/h11-15,17H,2-10H2,1H3,(H,24,25);10-14,16,20H,1-9H2,(H,24,25). The lowest BCUT2D eigenvalue weighted by molar-refractivity contribution is 0.212. The Morgan fingerprint density at radius 1 is 0.564 bits per heavy atom. The fourth-order valence-electron chi connectivity index (χ4n) is 8.86. The summed E-state index contributed by atoms with van der Waals surface area (Å²) in [5, 5.41) is 28.2. The van der Waals surface area contributed by atoms with E-state index in [-0.39, 0.29) is 0 Å². The Morgan fingerprint density at radius 2 is 1.04 bits per heavy atom. The van der Waals surface area contributed by atoms with Gasteiger partial charge in [-0.15, -0.1) is 0 Å². The van der Waals surface area contributed by atoms with Gasteiger partial charge < -0.3 is 20.9 Å². The molecular formula is C39H54N16. The van der Waals surface area contributed by atoms with Crippen molar-refractivity contribution in [1.82, 2.24) is 68.9 Å². The molecular weight excluding hydrogens is 693 g/mol. The molecule has 4 aliphatic rings. The smallest absolute Gasteiger partial charge is 0.198 e. The van der Waals surface area contributed by atoms with E-state index in [0.29, 0.717) is 23.9 Å². The van der Waals surface area contributed by atoms with Gasteiger partial charge in [0.1, 0.15) is 12.7 Å². The monoisotopic (exact) mass is 746 g/mol. The molecule has 4 fully saturated rings. The summed E-state index contributed by atoms with van der Waals surface area (Å²) in [6.45, 7) is 4.36. The molecule has 0 spiro atoms. The lowest BCUT2D eigenvalue weighted by Crippen LogP contribution is -2.31. The van der Waals surface area contributed by atoms with E-state index in [1.54, 1.807) is 12.7 Å². The number of hydrogen-bond acceptors (Lipinski definition) is 12. The van der Waals surface area contributed by atoms with Gasteiger partial charge in [0.25, 0.3) is 0 Å². The van der Waals surface area contributed by atoms with Crippen molar-refractivity contribution in [2.24, 2.45) is 0 Å². The van der Waals surface area contributed by atoms with Crippen molar-refractivity contribution in [2.45, 2.75) is 114 Å². The quantitative estimate of drug-likeness (QED) is 0.157. The molecule has 0 aromatic carbocycles. The number of fused-ring (bicyclic) bond motifs is 2. The molecule has 2 saturated carbocycles. The first-order valence-corrected chi connectivity index (χ1v) is 20.5. The molecule has 0 unspecified atom stereocenters. The van der Waals surface area contributed by atoms with Gasteiger partial charge >= 0.3 is 0 Å². The molecule has 8 heterocycles. The fraction of sp³-hybridized carbons (Fsp3) is 0.590. The van der Waals surface area contributed by atoms with Crippen molar-refractivity contribution >= 4 is 34.3 Å². The average molecular weight is 747 g/mol. The Kier molecular flexibility index (Phi) is 10.7. The minimum Gasteiger partial charge on any atom is -0.334 e. The molecule has 2 saturated heterocycles. The molecule has 0 amide bonds. The van der Waals surface area contributed by atoms with Gasteiger partial charge in [-0.25, -0.2) is 29.0 Å². The Morgan fingerprint density at radius 3 is 1.53 bits per heavy atom. The summed E-state index contributed by atoms with van der Waals surface area (Å²) < 4.78 is 7.87. The first-order chi connectivity index (χ1) is 27.1. The maximum Gasteiger partial charge on any atom is 0.198 e. The van der Waals surface area contributed by atoms with E-state index in [9.17, 15) is 0 Å². The Hall–Kier alpha value is -4.96. The van der Waals surface area contributed by atoms with Gasteiger partial charge in [-0.2, -0.15) is 20.4 Å². The van der Waals surface area contributed by atoms with Crippen LogP contribution >= 0.6 is 0 Å². The highest BCUT2D eigenvalue weighted by Gasteiger charge is 2.23. The summed E-state index contributed by atoms with van der Waals surface area (Å²) in [4.78, 5) is 21.0. The van der Waals surface area contributed by atoms with E-state index < -0.39 is 0 Å². The van der Waals surface area contributed by atoms with Crippen LogP contribution in [0.25, 0.3) is 11.3 Å². The number of anilines is 4. The summed E-state index contributed by atoms with van der Waals surface area (Å²) in [7, 11) is 2.18. The van der Waals surface area contributed by atoms with Gasteiger partial charge in [0.2, 0.25) is 0 Å². The normalized spacial score (nSPS) is 19.8. The second kappa shape index (κ2) is 16.4. The van der Waals surface area contributed by atoms with Crippen LogP contribution < -0.4 is 16.0 Å².